The number of carbonyl (C=O) groups is 2. The van der Waals surface area contributed by atoms with E-state index in [9.17, 15) is 31.9 Å². The van der Waals surface area contributed by atoms with Gasteiger partial charge in [0.1, 0.15) is 17.7 Å². The number of nitrogens with zero attached hydrogens (tertiary/aromatic N) is 2. The van der Waals surface area contributed by atoms with Gasteiger partial charge in [0.25, 0.3) is 0 Å². The Balaban J connectivity index is 1.45. The topological polar surface area (TPSA) is 105 Å². The Bertz CT molecular complexity index is 1510. The van der Waals surface area contributed by atoms with Gasteiger partial charge in [0.2, 0.25) is 5.91 Å². The molecule has 2 atom stereocenters. The molecule has 0 spiro atoms. The highest BCUT2D eigenvalue weighted by Crippen LogP contribution is 2.51. The van der Waals surface area contributed by atoms with Crippen molar-refractivity contribution in [3.8, 4) is 11.1 Å². The molecule has 11 heteroatoms. The summed E-state index contributed by atoms with van der Waals surface area (Å²) in [5, 5.41) is 8.70. The van der Waals surface area contributed by atoms with Gasteiger partial charge in [-0.1, -0.05) is 35.9 Å². The number of sulfone groups is 1. The monoisotopic (exact) mass is 546 g/mol. The van der Waals surface area contributed by atoms with Crippen LogP contribution >= 0.6 is 11.6 Å². The summed E-state index contributed by atoms with van der Waals surface area (Å²) in [5.41, 5.74) is -0.311. The molecule has 1 aromatic heterocycles. The van der Waals surface area contributed by atoms with Crippen molar-refractivity contribution in [2.45, 2.75) is 40.9 Å². The van der Waals surface area contributed by atoms with Gasteiger partial charge in [-0.2, -0.15) is 0 Å². The average Bonchev–Trinajstić information content (AvgIpc) is 3.53. The molecule has 7 nitrogen and oxygen atoms in total. The van der Waals surface area contributed by atoms with Crippen LogP contribution in [0.1, 0.15) is 25.0 Å². The standard InChI is InChI=1S/C26H21ClF2N2O5S/c27-17-11-21(29)23(30-13-17)26(8-9-26)25(34)31-14-20(12-22(31)24(32)33)37(35,36)19-3-1-2-16(10-19)15-4-6-18(28)7-5-15/h1-7,10-11,13,20,22H,8-9,12,14H2,(H,32,33)/t20-,22+/m1/s1. The number of aliphatic carboxylic acids is 1. The largest absolute Gasteiger partial charge is 0.480 e. The Hall–Kier alpha value is -3.37. The van der Waals surface area contributed by atoms with E-state index in [1.807, 2.05) is 0 Å². The lowest BCUT2D eigenvalue weighted by atomic mass is 9.98. The van der Waals surface area contributed by atoms with Crippen LogP contribution in [0.2, 0.25) is 5.02 Å². The highest BCUT2D eigenvalue weighted by atomic mass is 35.5. The van der Waals surface area contributed by atoms with E-state index in [1.54, 1.807) is 12.1 Å². The molecule has 2 aliphatic rings. The zero-order valence-corrected chi connectivity index (χ0v) is 20.8. The fourth-order valence-electron chi connectivity index (χ4n) is 4.89. The first-order valence-electron chi connectivity index (χ1n) is 11.5. The molecular weight excluding hydrogens is 526 g/mol. The van der Waals surface area contributed by atoms with Gasteiger partial charge in [-0.25, -0.2) is 22.0 Å². The van der Waals surface area contributed by atoms with Gasteiger partial charge in [-0.05, 0) is 60.7 Å². The second-order valence-electron chi connectivity index (χ2n) is 9.32. The van der Waals surface area contributed by atoms with Crippen LogP contribution in [0.3, 0.4) is 0 Å². The first kappa shape index (κ1) is 25.3. The van der Waals surface area contributed by atoms with Gasteiger partial charge in [-0.15, -0.1) is 0 Å². The second kappa shape index (κ2) is 9.18. The minimum Gasteiger partial charge on any atom is -0.480 e. The van der Waals surface area contributed by atoms with Crippen LogP contribution in [0.4, 0.5) is 8.78 Å². The Morgan fingerprint density at radius 2 is 1.76 bits per heavy atom. The third kappa shape index (κ3) is 4.48. The van der Waals surface area contributed by atoms with Crippen LogP contribution in [-0.4, -0.2) is 53.1 Å². The number of carboxylic acids is 1. The molecule has 192 valence electrons. The number of amides is 1. The summed E-state index contributed by atoms with van der Waals surface area (Å²) < 4.78 is 55.0. The number of rotatable bonds is 6. The zero-order chi connectivity index (χ0) is 26.5. The molecule has 3 aromatic rings. The van der Waals surface area contributed by atoms with E-state index in [0.29, 0.717) is 11.1 Å². The summed E-state index contributed by atoms with van der Waals surface area (Å²) in [7, 11) is -4.05. The minimum absolute atomic E-state index is 0.0377. The average molecular weight is 547 g/mol. The predicted octanol–water partition coefficient (Wildman–Crippen LogP) is 4.24. The van der Waals surface area contributed by atoms with E-state index in [0.717, 1.165) is 11.0 Å². The van der Waals surface area contributed by atoms with Crippen LogP contribution in [0.15, 0.2) is 65.7 Å². The Morgan fingerprint density at radius 3 is 2.38 bits per heavy atom. The summed E-state index contributed by atoms with van der Waals surface area (Å²) >= 11 is 5.78. The molecule has 2 fully saturated rings. The van der Waals surface area contributed by atoms with E-state index in [4.69, 9.17) is 11.6 Å². The highest BCUT2D eigenvalue weighted by Gasteiger charge is 2.59. The van der Waals surface area contributed by atoms with Gasteiger partial charge in [-0.3, -0.25) is 9.78 Å². The predicted molar refractivity (Wildman–Crippen MR) is 131 cm³/mol. The molecule has 0 bridgehead atoms. The minimum atomic E-state index is -4.05. The Morgan fingerprint density at radius 1 is 1.05 bits per heavy atom. The molecule has 0 unspecified atom stereocenters. The number of hydrogen-bond acceptors (Lipinski definition) is 5. The van der Waals surface area contributed by atoms with E-state index < -0.39 is 50.1 Å². The third-order valence-electron chi connectivity index (χ3n) is 7.01. The molecule has 5 rings (SSSR count). The first-order chi connectivity index (χ1) is 17.5. The van der Waals surface area contributed by atoms with Gasteiger partial charge in [0.15, 0.2) is 9.84 Å². The lowest BCUT2D eigenvalue weighted by molar-refractivity contribution is -0.149. The van der Waals surface area contributed by atoms with Crippen LogP contribution in [0.5, 0.6) is 0 Å². The molecule has 1 saturated heterocycles. The van der Waals surface area contributed by atoms with Crippen molar-refractivity contribution in [2.24, 2.45) is 0 Å². The van der Waals surface area contributed by atoms with Crippen molar-refractivity contribution in [1.82, 2.24) is 9.88 Å². The number of aromatic nitrogens is 1. The number of carbonyl (C=O) groups excluding carboxylic acids is 1. The van der Waals surface area contributed by atoms with Gasteiger partial charge in [0, 0.05) is 12.7 Å². The highest BCUT2D eigenvalue weighted by molar-refractivity contribution is 7.92. The SMILES string of the molecule is O=C(O)[C@@H]1C[C@@H](S(=O)(=O)c2cccc(-c3ccc(F)cc3)c2)CN1C(=O)C1(c2ncc(Cl)cc2F)CC1. The molecule has 2 aromatic carbocycles. The number of benzene rings is 2. The van der Waals surface area contributed by atoms with E-state index >= 15 is 0 Å². The summed E-state index contributed by atoms with van der Waals surface area (Å²) in [5.74, 6) is -3.20. The normalized spacial score (nSPS) is 20.6. The van der Waals surface area contributed by atoms with E-state index in [1.165, 1.54) is 42.6 Å². The van der Waals surface area contributed by atoms with E-state index in [-0.39, 0.29) is 41.4 Å². The maximum absolute atomic E-state index is 14.6. The number of pyridine rings is 1. The lowest BCUT2D eigenvalue weighted by Gasteiger charge is -2.26. The number of hydrogen-bond donors (Lipinski definition) is 1. The molecule has 1 N–H and O–H groups in total. The van der Waals surface area contributed by atoms with Gasteiger partial charge < -0.3 is 10.0 Å². The zero-order valence-electron chi connectivity index (χ0n) is 19.3. The summed E-state index contributed by atoms with van der Waals surface area (Å²) in [6.07, 6.45) is 1.43. The molecular formula is C26H21ClF2N2O5S. The molecule has 1 saturated carbocycles. The fourth-order valence-corrected chi connectivity index (χ4v) is 6.77. The Labute approximate surface area is 216 Å². The van der Waals surface area contributed by atoms with Crippen LogP contribution < -0.4 is 0 Å². The van der Waals surface area contributed by atoms with Crippen molar-refractivity contribution in [3.63, 3.8) is 0 Å². The van der Waals surface area contributed by atoms with Crippen molar-refractivity contribution < 1.29 is 31.9 Å². The smallest absolute Gasteiger partial charge is 0.326 e. The van der Waals surface area contributed by atoms with Crippen molar-refractivity contribution >= 4 is 33.3 Å². The van der Waals surface area contributed by atoms with Crippen LogP contribution in [0, 0.1) is 11.6 Å². The number of likely N-dealkylation sites (tertiary alicyclic amines) is 1. The molecule has 1 aliphatic heterocycles. The fraction of sp³-hybridized carbons (Fsp3) is 0.269. The molecule has 1 amide bonds. The quantitative estimate of drug-likeness (QED) is 0.496. The maximum Gasteiger partial charge on any atom is 0.326 e. The van der Waals surface area contributed by atoms with Gasteiger partial charge >= 0.3 is 5.97 Å². The molecule has 0 radical (unpaired) electrons. The van der Waals surface area contributed by atoms with Gasteiger partial charge in [0.05, 0.1) is 26.3 Å². The third-order valence-corrected chi connectivity index (χ3v) is 9.34. The molecule has 1 aliphatic carbocycles. The maximum atomic E-state index is 14.6. The van der Waals surface area contributed by atoms with Crippen molar-refractivity contribution in [3.05, 3.63) is 83.1 Å². The summed E-state index contributed by atoms with van der Waals surface area (Å²) in [6.45, 7) is -0.351. The molecule has 2 heterocycles. The summed E-state index contributed by atoms with van der Waals surface area (Å²) in [6, 6.07) is 11.3. The molecule has 37 heavy (non-hydrogen) atoms. The first-order valence-corrected chi connectivity index (χ1v) is 13.4. The number of halogens is 3. The van der Waals surface area contributed by atoms with Crippen LogP contribution in [-0.2, 0) is 24.8 Å². The van der Waals surface area contributed by atoms with Crippen molar-refractivity contribution in [2.75, 3.05) is 6.54 Å². The lowest BCUT2D eigenvalue weighted by Crippen LogP contribution is -2.46. The Kier molecular flexibility index (Phi) is 6.27. The summed E-state index contributed by atoms with van der Waals surface area (Å²) in [4.78, 5) is 30.6. The van der Waals surface area contributed by atoms with E-state index in [2.05, 4.69) is 4.98 Å². The number of carboxylic acid groups (broad SMARTS) is 1. The second-order valence-corrected chi connectivity index (χ2v) is 12.0. The van der Waals surface area contributed by atoms with Crippen LogP contribution in [0.25, 0.3) is 11.1 Å². The van der Waals surface area contributed by atoms with Crippen molar-refractivity contribution in [1.29, 1.82) is 0 Å².